The maximum Gasteiger partial charge on any atom is 0.343 e. The topological polar surface area (TPSA) is 98.2 Å². The molecule has 4 aromatic rings. The van der Waals surface area contributed by atoms with Crippen molar-refractivity contribution in [2.24, 2.45) is 0 Å². The van der Waals surface area contributed by atoms with Crippen molar-refractivity contribution in [3.8, 4) is 5.75 Å². The number of ether oxygens (including phenoxy) is 2. The molecule has 0 saturated carbocycles. The summed E-state index contributed by atoms with van der Waals surface area (Å²) in [6.45, 7) is 2.97. The van der Waals surface area contributed by atoms with E-state index in [0.29, 0.717) is 16.7 Å². The number of carbonyl (C=O) groups is 3. The molecule has 0 N–H and O–H groups in total. The molecule has 0 spiro atoms. The molecule has 0 unspecified atom stereocenters. The molecular formula is C33H25F2N3O6S. The molecule has 228 valence electrons. The predicted molar refractivity (Wildman–Crippen MR) is 161 cm³/mol. The van der Waals surface area contributed by atoms with Crippen molar-refractivity contribution in [1.82, 2.24) is 9.58 Å². The van der Waals surface area contributed by atoms with Crippen LogP contribution < -0.4 is 15.2 Å². The number of benzene rings is 3. The monoisotopic (exact) mass is 629 g/mol. The van der Waals surface area contributed by atoms with Crippen molar-refractivity contribution >= 4 is 29.5 Å². The lowest BCUT2D eigenvalue weighted by Crippen LogP contribution is -2.57. The molecule has 2 amide bonds. The molecule has 12 heteroatoms. The van der Waals surface area contributed by atoms with E-state index in [1.165, 1.54) is 27.5 Å². The van der Waals surface area contributed by atoms with Crippen molar-refractivity contribution in [3.05, 3.63) is 141 Å². The minimum Gasteiger partial charge on any atom is -0.482 e. The van der Waals surface area contributed by atoms with Gasteiger partial charge in [0.15, 0.2) is 23.1 Å². The number of fused-ring (bicyclic) bond motifs is 3. The van der Waals surface area contributed by atoms with E-state index in [1.54, 1.807) is 48.5 Å². The summed E-state index contributed by atoms with van der Waals surface area (Å²) < 4.78 is 42.0. The highest BCUT2D eigenvalue weighted by Crippen LogP contribution is 2.44. The van der Waals surface area contributed by atoms with E-state index in [0.717, 1.165) is 35.2 Å². The fourth-order valence-corrected chi connectivity index (χ4v) is 6.59. The van der Waals surface area contributed by atoms with Gasteiger partial charge in [0.2, 0.25) is 5.43 Å². The van der Waals surface area contributed by atoms with Crippen LogP contribution in [-0.4, -0.2) is 41.1 Å². The standard InChI is InChI=1S/C33H25F2N3O6S/c1-3-26(39)36-18-38(28-20-13-14-24(34)27(35)23(20)17-45-25-12-8-7-11-21(25)28)37-15-22(33(42)43-2)30(40)31(29(37)32(36)41)44-16-19-9-5-4-6-10-19/h3-15,28H,1,16-18H2,2H3/t28-/m0/s1. The van der Waals surface area contributed by atoms with Crippen molar-refractivity contribution in [2.75, 3.05) is 18.8 Å². The van der Waals surface area contributed by atoms with Gasteiger partial charge in [-0.15, -0.1) is 11.8 Å². The summed E-state index contributed by atoms with van der Waals surface area (Å²) in [5.74, 6) is -5.06. The third kappa shape index (κ3) is 5.16. The molecule has 0 aliphatic carbocycles. The number of halogens is 2. The van der Waals surface area contributed by atoms with Gasteiger partial charge in [0, 0.05) is 22.4 Å². The molecule has 0 radical (unpaired) electrons. The molecule has 6 rings (SSSR count). The number of esters is 1. The number of amides is 2. The van der Waals surface area contributed by atoms with Crippen LogP contribution in [0.2, 0.25) is 0 Å². The number of rotatable bonds is 6. The van der Waals surface area contributed by atoms with Gasteiger partial charge in [-0.25, -0.2) is 13.6 Å². The van der Waals surface area contributed by atoms with Crippen LogP contribution >= 0.6 is 11.8 Å². The normalized spacial score (nSPS) is 15.4. The van der Waals surface area contributed by atoms with Gasteiger partial charge < -0.3 is 9.47 Å². The highest BCUT2D eigenvalue weighted by atomic mass is 32.2. The molecule has 2 aliphatic heterocycles. The Bertz CT molecular complexity index is 1930. The van der Waals surface area contributed by atoms with E-state index in [9.17, 15) is 23.6 Å². The van der Waals surface area contributed by atoms with Crippen LogP contribution in [-0.2, 0) is 21.9 Å². The van der Waals surface area contributed by atoms with Gasteiger partial charge in [0.05, 0.1) is 13.2 Å². The lowest BCUT2D eigenvalue weighted by molar-refractivity contribution is -0.124. The molecule has 1 atom stereocenters. The first-order chi connectivity index (χ1) is 21.7. The molecule has 1 aromatic heterocycles. The smallest absolute Gasteiger partial charge is 0.343 e. The fraction of sp³-hybridized carbons (Fsp3) is 0.152. The number of nitrogens with zero attached hydrogens (tertiary/aromatic N) is 3. The molecule has 0 fully saturated rings. The third-order valence-corrected chi connectivity index (χ3v) is 8.76. The van der Waals surface area contributed by atoms with Crippen LogP contribution in [0.25, 0.3) is 0 Å². The first-order valence-corrected chi connectivity index (χ1v) is 14.7. The third-order valence-electron chi connectivity index (χ3n) is 7.64. The van der Waals surface area contributed by atoms with E-state index < -0.39 is 58.9 Å². The summed E-state index contributed by atoms with van der Waals surface area (Å²) in [6, 6.07) is 17.6. The molecule has 2 aliphatic rings. The van der Waals surface area contributed by atoms with Crippen LogP contribution in [0.1, 0.15) is 49.1 Å². The Morgan fingerprint density at radius 3 is 2.49 bits per heavy atom. The van der Waals surface area contributed by atoms with Crippen molar-refractivity contribution in [2.45, 2.75) is 23.3 Å². The van der Waals surface area contributed by atoms with Gasteiger partial charge in [-0.05, 0) is 34.9 Å². The van der Waals surface area contributed by atoms with E-state index in [4.69, 9.17) is 9.47 Å². The van der Waals surface area contributed by atoms with Crippen LogP contribution in [0.3, 0.4) is 0 Å². The number of methoxy groups -OCH3 is 1. The quantitative estimate of drug-likeness (QED) is 0.218. The zero-order valence-electron chi connectivity index (χ0n) is 23.9. The van der Waals surface area contributed by atoms with Gasteiger partial charge in [-0.3, -0.25) is 29.0 Å². The second kappa shape index (κ2) is 12.0. The zero-order valence-corrected chi connectivity index (χ0v) is 24.7. The molecule has 3 heterocycles. The van der Waals surface area contributed by atoms with Crippen LogP contribution in [0.15, 0.2) is 95.3 Å². The average Bonchev–Trinajstić information content (AvgIpc) is 3.23. The fourth-order valence-electron chi connectivity index (χ4n) is 5.47. The highest BCUT2D eigenvalue weighted by molar-refractivity contribution is 7.98. The van der Waals surface area contributed by atoms with Gasteiger partial charge in [0.1, 0.15) is 18.8 Å². The number of aromatic nitrogens is 1. The summed E-state index contributed by atoms with van der Waals surface area (Å²) in [4.78, 5) is 55.4. The van der Waals surface area contributed by atoms with Crippen molar-refractivity contribution in [3.63, 3.8) is 0 Å². The van der Waals surface area contributed by atoms with Gasteiger partial charge in [0.25, 0.3) is 11.8 Å². The molecule has 0 saturated heterocycles. The predicted octanol–water partition coefficient (Wildman–Crippen LogP) is 4.95. The largest absolute Gasteiger partial charge is 0.482 e. The van der Waals surface area contributed by atoms with E-state index >= 15 is 4.39 Å². The average molecular weight is 630 g/mol. The maximum atomic E-state index is 15.4. The first kappa shape index (κ1) is 29.8. The van der Waals surface area contributed by atoms with Crippen molar-refractivity contribution in [1.29, 1.82) is 0 Å². The van der Waals surface area contributed by atoms with E-state index in [2.05, 4.69) is 6.58 Å². The summed E-state index contributed by atoms with van der Waals surface area (Å²) >= 11 is 1.30. The Morgan fingerprint density at radius 2 is 1.76 bits per heavy atom. The number of carbonyl (C=O) groups excluding carboxylic acids is 3. The first-order valence-electron chi connectivity index (χ1n) is 13.7. The van der Waals surface area contributed by atoms with E-state index in [-0.39, 0.29) is 23.6 Å². The Morgan fingerprint density at radius 1 is 1.02 bits per heavy atom. The number of hydrogen-bond acceptors (Lipinski definition) is 8. The highest BCUT2D eigenvalue weighted by Gasteiger charge is 2.42. The molecular weight excluding hydrogens is 604 g/mol. The second-order valence-corrected chi connectivity index (χ2v) is 11.2. The SMILES string of the molecule is C=CC(=O)N1CN([C@@H]2c3ccccc3SCc3c2ccc(F)c3F)n2cc(C(=O)OC)c(=O)c(OCc3ccccc3)c2C1=O. The zero-order chi connectivity index (χ0) is 31.8. The molecule has 3 aromatic carbocycles. The lowest BCUT2D eigenvalue weighted by atomic mass is 9.93. The summed E-state index contributed by atoms with van der Waals surface area (Å²) in [5, 5.41) is 1.53. The number of imide groups is 1. The maximum absolute atomic E-state index is 15.4. The van der Waals surface area contributed by atoms with Crippen LogP contribution in [0.5, 0.6) is 5.75 Å². The number of hydrogen-bond donors (Lipinski definition) is 0. The van der Waals surface area contributed by atoms with Crippen molar-refractivity contribution < 1.29 is 32.6 Å². The molecule has 45 heavy (non-hydrogen) atoms. The summed E-state index contributed by atoms with van der Waals surface area (Å²) in [7, 11) is 1.11. The van der Waals surface area contributed by atoms with Crippen LogP contribution in [0.4, 0.5) is 8.78 Å². The van der Waals surface area contributed by atoms with Gasteiger partial charge in [-0.1, -0.05) is 61.2 Å². The minimum absolute atomic E-state index is 0.0936. The Kier molecular flexibility index (Phi) is 7.98. The number of thioether (sulfide) groups is 1. The van der Waals surface area contributed by atoms with Crippen LogP contribution in [0, 0.1) is 11.6 Å². The number of pyridine rings is 1. The van der Waals surface area contributed by atoms with E-state index in [1.807, 2.05) is 6.07 Å². The summed E-state index contributed by atoms with van der Waals surface area (Å²) in [5.41, 5.74) is 0.0771. The second-order valence-electron chi connectivity index (χ2n) is 10.2. The molecule has 9 nitrogen and oxygen atoms in total. The Labute approximate surface area is 260 Å². The lowest BCUT2D eigenvalue weighted by Gasteiger charge is -2.43. The van der Waals surface area contributed by atoms with Gasteiger partial charge >= 0.3 is 5.97 Å². The Hall–Kier alpha value is -5.23. The Balaban J connectivity index is 1.65. The summed E-state index contributed by atoms with van der Waals surface area (Å²) in [6.07, 6.45) is 2.10. The molecule has 0 bridgehead atoms. The minimum atomic E-state index is -1.02. The van der Waals surface area contributed by atoms with Gasteiger partial charge in [-0.2, -0.15) is 0 Å².